The van der Waals surface area contributed by atoms with Crippen LogP contribution in [0.2, 0.25) is 0 Å². The molecule has 0 saturated carbocycles. The van der Waals surface area contributed by atoms with Crippen molar-refractivity contribution in [2.24, 2.45) is 7.05 Å². The average molecular weight is 477 g/mol. The Morgan fingerprint density at radius 1 is 1.09 bits per heavy atom. The van der Waals surface area contributed by atoms with Gasteiger partial charge in [-0.25, -0.2) is 9.59 Å². The van der Waals surface area contributed by atoms with Gasteiger partial charge in [-0.2, -0.15) is 5.10 Å². The predicted octanol–water partition coefficient (Wildman–Crippen LogP) is 4.15. The number of ether oxygens (including phenoxy) is 1. The molecule has 1 heterocycles. The van der Waals surface area contributed by atoms with E-state index in [1.165, 1.54) is 17.8 Å². The van der Waals surface area contributed by atoms with Crippen LogP contribution in [-0.2, 0) is 16.6 Å². The van der Waals surface area contributed by atoms with E-state index in [9.17, 15) is 14.4 Å². The van der Waals surface area contributed by atoms with Crippen molar-refractivity contribution in [2.75, 3.05) is 11.9 Å². The summed E-state index contributed by atoms with van der Waals surface area (Å²) in [6.45, 7) is 2.15. The Kier molecular flexibility index (Phi) is 7.14. The maximum absolute atomic E-state index is 12.6. The summed E-state index contributed by atoms with van der Waals surface area (Å²) in [5.41, 5.74) is 4.52. The minimum atomic E-state index is -1.14. The van der Waals surface area contributed by atoms with E-state index in [4.69, 9.17) is 9.84 Å². The Morgan fingerprint density at radius 2 is 1.71 bits per heavy atom. The molecule has 0 aliphatic heterocycles. The van der Waals surface area contributed by atoms with Crippen molar-refractivity contribution < 1.29 is 24.2 Å². The molecule has 9 heteroatoms. The van der Waals surface area contributed by atoms with Gasteiger partial charge >= 0.3 is 12.1 Å². The zero-order chi connectivity index (χ0) is 24.9. The molecule has 0 fully saturated rings. The van der Waals surface area contributed by atoms with E-state index in [-0.39, 0.29) is 36.4 Å². The molecule has 1 aliphatic rings. The summed E-state index contributed by atoms with van der Waals surface area (Å²) >= 11 is 0. The SMILES string of the molecule is CCC[C@@H](CC(=O)Nc1cc(C(=O)O)n(C)n1)NC(=O)OCC1c2ccccc2-c2ccccc21. The summed E-state index contributed by atoms with van der Waals surface area (Å²) in [5, 5.41) is 18.5. The third-order valence-electron chi connectivity index (χ3n) is 6.10. The number of benzene rings is 2. The fraction of sp³-hybridized carbons (Fsp3) is 0.308. The van der Waals surface area contributed by atoms with Crippen molar-refractivity contribution in [1.82, 2.24) is 15.1 Å². The fourth-order valence-electron chi connectivity index (χ4n) is 4.53. The first-order chi connectivity index (χ1) is 16.9. The monoisotopic (exact) mass is 476 g/mol. The van der Waals surface area contributed by atoms with E-state index in [0.717, 1.165) is 28.7 Å². The molecule has 2 aromatic carbocycles. The summed E-state index contributed by atoms with van der Waals surface area (Å²) in [4.78, 5) is 36.3. The first-order valence-electron chi connectivity index (χ1n) is 11.6. The number of aromatic nitrogens is 2. The van der Waals surface area contributed by atoms with Gasteiger partial charge < -0.3 is 20.5 Å². The lowest BCUT2D eigenvalue weighted by Gasteiger charge is -2.19. The second-order valence-electron chi connectivity index (χ2n) is 8.55. The van der Waals surface area contributed by atoms with Crippen molar-refractivity contribution in [3.05, 3.63) is 71.4 Å². The Bertz CT molecular complexity index is 1210. The van der Waals surface area contributed by atoms with Crippen molar-refractivity contribution in [2.45, 2.75) is 38.1 Å². The number of nitrogens with zero attached hydrogens (tertiary/aromatic N) is 2. The molecule has 4 rings (SSSR count). The normalized spacial score (nSPS) is 13.0. The van der Waals surface area contributed by atoms with Gasteiger partial charge in [0.25, 0.3) is 0 Å². The molecular formula is C26H28N4O5. The number of hydrogen-bond donors (Lipinski definition) is 3. The molecule has 3 aromatic rings. The lowest BCUT2D eigenvalue weighted by molar-refractivity contribution is -0.116. The Hall–Kier alpha value is -4.14. The molecule has 9 nitrogen and oxygen atoms in total. The van der Waals surface area contributed by atoms with Crippen LogP contribution in [-0.4, -0.2) is 45.5 Å². The van der Waals surface area contributed by atoms with Crippen LogP contribution >= 0.6 is 0 Å². The number of alkyl carbamates (subject to hydrolysis) is 1. The van der Waals surface area contributed by atoms with E-state index >= 15 is 0 Å². The molecule has 2 amide bonds. The van der Waals surface area contributed by atoms with Gasteiger partial charge in [0.05, 0.1) is 0 Å². The number of aromatic carboxylic acids is 1. The zero-order valence-corrected chi connectivity index (χ0v) is 19.7. The number of carboxylic acids is 1. The number of carbonyl (C=O) groups excluding carboxylic acids is 2. The summed E-state index contributed by atoms with van der Waals surface area (Å²) in [6, 6.07) is 17.1. The first kappa shape index (κ1) is 24.0. The molecule has 0 unspecified atom stereocenters. The van der Waals surface area contributed by atoms with Crippen LogP contribution in [0.4, 0.5) is 10.6 Å². The van der Waals surface area contributed by atoms with Crippen molar-refractivity contribution in [1.29, 1.82) is 0 Å². The standard InChI is InChI=1S/C26H28N4O5/c1-3-8-16(13-24(31)28-23-14-22(25(32)33)30(2)29-23)27-26(34)35-15-21-19-11-6-4-9-17(19)18-10-5-7-12-20(18)21/h4-7,9-12,14,16,21H,3,8,13,15H2,1-2H3,(H,27,34)(H,32,33)(H,28,29,31)/t16-/m0/s1. The maximum Gasteiger partial charge on any atom is 0.407 e. The largest absolute Gasteiger partial charge is 0.477 e. The number of nitrogens with one attached hydrogen (secondary N) is 2. The smallest absolute Gasteiger partial charge is 0.407 e. The number of carboxylic acid groups (broad SMARTS) is 1. The third-order valence-corrected chi connectivity index (χ3v) is 6.10. The molecular weight excluding hydrogens is 448 g/mol. The van der Waals surface area contributed by atoms with Gasteiger partial charge in [0.15, 0.2) is 5.82 Å². The van der Waals surface area contributed by atoms with Crippen molar-refractivity contribution in [3.8, 4) is 11.1 Å². The maximum atomic E-state index is 12.6. The van der Waals surface area contributed by atoms with Crippen LogP contribution in [0.5, 0.6) is 0 Å². The summed E-state index contributed by atoms with van der Waals surface area (Å²) in [6.07, 6.45) is 0.773. The quantitative estimate of drug-likeness (QED) is 0.426. The lowest BCUT2D eigenvalue weighted by atomic mass is 9.98. The Labute approximate surface area is 203 Å². The molecule has 3 N–H and O–H groups in total. The number of anilines is 1. The van der Waals surface area contributed by atoms with E-state index in [1.807, 2.05) is 31.2 Å². The highest BCUT2D eigenvalue weighted by Crippen LogP contribution is 2.44. The van der Waals surface area contributed by atoms with Crippen LogP contribution in [0.15, 0.2) is 54.6 Å². The number of carbonyl (C=O) groups is 3. The first-order valence-corrected chi connectivity index (χ1v) is 11.6. The number of rotatable bonds is 9. The third kappa shape index (κ3) is 5.34. The van der Waals surface area contributed by atoms with Gasteiger partial charge in [-0.3, -0.25) is 9.48 Å². The van der Waals surface area contributed by atoms with Gasteiger partial charge in [0.2, 0.25) is 5.91 Å². The molecule has 0 saturated heterocycles. The minimum Gasteiger partial charge on any atom is -0.477 e. The van der Waals surface area contributed by atoms with Gasteiger partial charge in [0, 0.05) is 31.5 Å². The summed E-state index contributed by atoms with van der Waals surface area (Å²) in [5.74, 6) is -1.42. The molecule has 0 bridgehead atoms. The highest BCUT2D eigenvalue weighted by atomic mass is 16.5. The number of hydrogen-bond acceptors (Lipinski definition) is 5. The predicted molar refractivity (Wildman–Crippen MR) is 130 cm³/mol. The van der Waals surface area contributed by atoms with Crippen LogP contribution in [0.3, 0.4) is 0 Å². The molecule has 1 aliphatic carbocycles. The van der Waals surface area contributed by atoms with Crippen LogP contribution in [0.1, 0.15) is 53.7 Å². The second kappa shape index (κ2) is 10.4. The number of amides is 2. The number of aryl methyl sites for hydroxylation is 1. The second-order valence-corrected chi connectivity index (χ2v) is 8.55. The van der Waals surface area contributed by atoms with E-state index in [1.54, 1.807) is 0 Å². The van der Waals surface area contributed by atoms with Crippen molar-refractivity contribution >= 4 is 23.8 Å². The molecule has 0 radical (unpaired) electrons. The lowest BCUT2D eigenvalue weighted by Crippen LogP contribution is -2.38. The van der Waals surface area contributed by atoms with Gasteiger partial charge in [-0.1, -0.05) is 61.9 Å². The fourth-order valence-corrected chi connectivity index (χ4v) is 4.53. The van der Waals surface area contributed by atoms with Gasteiger partial charge in [-0.15, -0.1) is 0 Å². The minimum absolute atomic E-state index is 0.0109. The highest BCUT2D eigenvalue weighted by molar-refractivity contribution is 5.92. The molecule has 35 heavy (non-hydrogen) atoms. The molecule has 0 spiro atoms. The zero-order valence-electron chi connectivity index (χ0n) is 19.7. The number of fused-ring (bicyclic) bond motifs is 3. The summed E-state index contributed by atoms with van der Waals surface area (Å²) < 4.78 is 6.78. The summed E-state index contributed by atoms with van der Waals surface area (Å²) in [7, 11) is 1.48. The van der Waals surface area contributed by atoms with Crippen LogP contribution in [0.25, 0.3) is 11.1 Å². The average Bonchev–Trinajstić information content (AvgIpc) is 3.35. The molecule has 1 atom stereocenters. The Morgan fingerprint density at radius 3 is 2.29 bits per heavy atom. The van der Waals surface area contributed by atoms with Gasteiger partial charge in [-0.05, 0) is 28.7 Å². The topological polar surface area (TPSA) is 123 Å². The molecule has 1 aromatic heterocycles. The van der Waals surface area contributed by atoms with E-state index < -0.39 is 18.1 Å². The highest BCUT2D eigenvalue weighted by Gasteiger charge is 2.29. The van der Waals surface area contributed by atoms with E-state index in [0.29, 0.717) is 6.42 Å². The van der Waals surface area contributed by atoms with E-state index in [2.05, 4.69) is 40.0 Å². The van der Waals surface area contributed by atoms with Crippen LogP contribution < -0.4 is 10.6 Å². The van der Waals surface area contributed by atoms with Crippen molar-refractivity contribution in [3.63, 3.8) is 0 Å². The van der Waals surface area contributed by atoms with Crippen LogP contribution in [0, 0.1) is 0 Å². The molecule has 182 valence electrons. The van der Waals surface area contributed by atoms with Gasteiger partial charge in [0.1, 0.15) is 12.3 Å². The Balaban J connectivity index is 1.35.